The number of amides is 1. The van der Waals surface area contributed by atoms with Crippen molar-refractivity contribution in [2.24, 2.45) is 0 Å². The minimum Gasteiger partial charge on any atom is -0.478 e. The molecule has 5 nitrogen and oxygen atoms in total. The van der Waals surface area contributed by atoms with Crippen molar-refractivity contribution in [3.8, 4) is 0 Å². The topological polar surface area (TPSA) is 79.5 Å². The third kappa shape index (κ3) is 2.49. The van der Waals surface area contributed by atoms with Gasteiger partial charge in [0.1, 0.15) is 5.76 Å². The molecular formula is C14H13NO4. The Bertz CT molecular complexity index is 643. The Morgan fingerprint density at radius 2 is 1.89 bits per heavy atom. The molecule has 1 heterocycles. The third-order valence-electron chi connectivity index (χ3n) is 2.85. The van der Waals surface area contributed by atoms with Crippen LogP contribution in [-0.4, -0.2) is 17.0 Å². The van der Waals surface area contributed by atoms with Crippen LogP contribution >= 0.6 is 0 Å². The van der Waals surface area contributed by atoms with Gasteiger partial charge in [0.25, 0.3) is 5.91 Å². The van der Waals surface area contributed by atoms with Gasteiger partial charge in [0.2, 0.25) is 0 Å². The normalized spacial score (nSPS) is 10.2. The number of rotatable bonds is 3. The van der Waals surface area contributed by atoms with Crippen LogP contribution in [0, 0.1) is 13.8 Å². The Morgan fingerprint density at radius 3 is 2.47 bits per heavy atom. The van der Waals surface area contributed by atoms with E-state index in [4.69, 9.17) is 9.52 Å². The Hall–Kier alpha value is -2.56. The van der Waals surface area contributed by atoms with E-state index in [1.807, 2.05) is 0 Å². The molecule has 0 unspecified atom stereocenters. The maximum atomic E-state index is 12.1. The Labute approximate surface area is 109 Å². The first-order valence-corrected chi connectivity index (χ1v) is 5.69. The molecule has 0 bridgehead atoms. The van der Waals surface area contributed by atoms with Crippen LogP contribution in [0.3, 0.4) is 0 Å². The van der Waals surface area contributed by atoms with Crippen LogP contribution in [0.5, 0.6) is 0 Å². The Kier molecular flexibility index (Phi) is 3.37. The van der Waals surface area contributed by atoms with E-state index in [-0.39, 0.29) is 11.5 Å². The number of aryl methyl sites for hydroxylation is 2. The van der Waals surface area contributed by atoms with Crippen LogP contribution in [0.15, 0.2) is 34.9 Å². The molecule has 98 valence electrons. The molecule has 2 N–H and O–H groups in total. The molecule has 0 saturated heterocycles. The van der Waals surface area contributed by atoms with E-state index in [2.05, 4.69) is 5.32 Å². The third-order valence-corrected chi connectivity index (χ3v) is 2.85. The number of carbonyl (C=O) groups excluding carboxylic acids is 1. The highest BCUT2D eigenvalue weighted by Crippen LogP contribution is 2.22. The van der Waals surface area contributed by atoms with E-state index in [0.717, 1.165) is 0 Å². The number of carboxylic acids is 1. The van der Waals surface area contributed by atoms with Gasteiger partial charge < -0.3 is 14.8 Å². The van der Waals surface area contributed by atoms with Crippen LogP contribution in [-0.2, 0) is 0 Å². The number of anilines is 1. The van der Waals surface area contributed by atoms with Gasteiger partial charge in [-0.15, -0.1) is 0 Å². The van der Waals surface area contributed by atoms with Gasteiger partial charge in [0.05, 0.1) is 23.1 Å². The Morgan fingerprint density at radius 1 is 1.16 bits per heavy atom. The highest BCUT2D eigenvalue weighted by atomic mass is 16.4. The van der Waals surface area contributed by atoms with Crippen molar-refractivity contribution in [3.05, 3.63) is 53.0 Å². The molecule has 2 aromatic rings. The van der Waals surface area contributed by atoms with Gasteiger partial charge in [-0.05, 0) is 31.5 Å². The van der Waals surface area contributed by atoms with Crippen LogP contribution in [0.4, 0.5) is 5.69 Å². The second-order valence-corrected chi connectivity index (χ2v) is 4.15. The summed E-state index contributed by atoms with van der Waals surface area (Å²) in [5.74, 6) is -0.978. The zero-order valence-corrected chi connectivity index (χ0v) is 10.6. The molecule has 0 radical (unpaired) electrons. The van der Waals surface area contributed by atoms with Gasteiger partial charge in [-0.1, -0.05) is 12.1 Å². The molecule has 19 heavy (non-hydrogen) atoms. The maximum Gasteiger partial charge on any atom is 0.337 e. The number of nitrogens with one attached hydrogen (secondary N) is 1. The molecule has 0 spiro atoms. The molecule has 0 aliphatic heterocycles. The number of carboxylic acid groups (broad SMARTS) is 1. The van der Waals surface area contributed by atoms with Crippen LogP contribution in [0.25, 0.3) is 0 Å². The maximum absolute atomic E-state index is 12.1. The number of carbonyl (C=O) groups is 2. The van der Waals surface area contributed by atoms with E-state index in [1.165, 1.54) is 12.3 Å². The first-order valence-electron chi connectivity index (χ1n) is 5.69. The van der Waals surface area contributed by atoms with E-state index in [1.54, 1.807) is 32.0 Å². The highest BCUT2D eigenvalue weighted by molar-refractivity contribution is 6.08. The summed E-state index contributed by atoms with van der Waals surface area (Å²) < 4.78 is 5.05. The molecule has 5 heteroatoms. The Balaban J connectivity index is 2.36. The quantitative estimate of drug-likeness (QED) is 0.888. The van der Waals surface area contributed by atoms with Crippen molar-refractivity contribution in [2.45, 2.75) is 13.8 Å². The molecule has 0 aliphatic rings. The van der Waals surface area contributed by atoms with Crippen molar-refractivity contribution in [3.63, 3.8) is 0 Å². The van der Waals surface area contributed by atoms with Crippen LogP contribution in [0.2, 0.25) is 0 Å². The fourth-order valence-electron chi connectivity index (χ4n) is 1.81. The minimum atomic E-state index is -1.08. The highest BCUT2D eigenvalue weighted by Gasteiger charge is 2.17. The zero-order chi connectivity index (χ0) is 14.0. The molecule has 0 atom stereocenters. The SMILES string of the molecule is Cc1cccc(C(=O)O)c1NC(=O)c1ccoc1C. The molecule has 2 rings (SSSR count). The van der Waals surface area contributed by atoms with Gasteiger partial charge in [0, 0.05) is 0 Å². The lowest BCUT2D eigenvalue weighted by Gasteiger charge is -2.11. The second kappa shape index (κ2) is 4.97. The number of aromatic carboxylic acids is 1. The van der Waals surface area contributed by atoms with E-state index < -0.39 is 5.97 Å². The summed E-state index contributed by atoms with van der Waals surface area (Å²) in [5.41, 5.74) is 1.45. The van der Waals surface area contributed by atoms with E-state index in [9.17, 15) is 9.59 Å². The van der Waals surface area contributed by atoms with E-state index >= 15 is 0 Å². The smallest absolute Gasteiger partial charge is 0.337 e. The van der Waals surface area contributed by atoms with Crippen molar-refractivity contribution in [2.75, 3.05) is 5.32 Å². The number of benzene rings is 1. The number of furan rings is 1. The average molecular weight is 259 g/mol. The lowest BCUT2D eigenvalue weighted by Crippen LogP contribution is -2.16. The van der Waals surface area contributed by atoms with Gasteiger partial charge in [-0.2, -0.15) is 0 Å². The lowest BCUT2D eigenvalue weighted by molar-refractivity contribution is 0.0698. The second-order valence-electron chi connectivity index (χ2n) is 4.15. The van der Waals surface area contributed by atoms with Crippen molar-refractivity contribution in [1.29, 1.82) is 0 Å². The largest absolute Gasteiger partial charge is 0.478 e. The summed E-state index contributed by atoms with van der Waals surface area (Å²) in [4.78, 5) is 23.2. The van der Waals surface area contributed by atoms with Crippen LogP contribution in [0.1, 0.15) is 32.0 Å². The summed E-state index contributed by atoms with van der Waals surface area (Å²) in [5, 5.41) is 11.7. The first kappa shape index (κ1) is 12.9. The van der Waals surface area contributed by atoms with E-state index in [0.29, 0.717) is 22.6 Å². The van der Waals surface area contributed by atoms with Gasteiger partial charge >= 0.3 is 5.97 Å². The zero-order valence-electron chi connectivity index (χ0n) is 10.6. The molecule has 1 aromatic heterocycles. The number of hydrogen-bond donors (Lipinski definition) is 2. The fourth-order valence-corrected chi connectivity index (χ4v) is 1.81. The van der Waals surface area contributed by atoms with Gasteiger partial charge in [-0.3, -0.25) is 4.79 Å². The summed E-state index contributed by atoms with van der Waals surface area (Å²) in [7, 11) is 0. The summed E-state index contributed by atoms with van der Waals surface area (Å²) in [6.45, 7) is 3.41. The van der Waals surface area contributed by atoms with Crippen molar-refractivity contribution in [1.82, 2.24) is 0 Å². The fraction of sp³-hybridized carbons (Fsp3) is 0.143. The molecule has 0 aliphatic carbocycles. The molecule has 0 saturated carbocycles. The average Bonchev–Trinajstić information content (AvgIpc) is 2.77. The summed E-state index contributed by atoms with van der Waals surface area (Å²) in [6, 6.07) is 6.37. The summed E-state index contributed by atoms with van der Waals surface area (Å²) >= 11 is 0. The summed E-state index contributed by atoms with van der Waals surface area (Å²) in [6.07, 6.45) is 1.42. The van der Waals surface area contributed by atoms with Gasteiger partial charge in [-0.25, -0.2) is 4.79 Å². The van der Waals surface area contributed by atoms with Gasteiger partial charge in [0.15, 0.2) is 0 Å². The monoisotopic (exact) mass is 259 g/mol. The lowest BCUT2D eigenvalue weighted by atomic mass is 10.1. The minimum absolute atomic E-state index is 0.0643. The van der Waals surface area contributed by atoms with Crippen molar-refractivity contribution >= 4 is 17.6 Å². The van der Waals surface area contributed by atoms with Crippen molar-refractivity contribution < 1.29 is 19.1 Å². The standard InChI is InChI=1S/C14H13NO4/c1-8-4-3-5-11(14(17)18)12(8)15-13(16)10-6-7-19-9(10)2/h3-7H,1-2H3,(H,15,16)(H,17,18). The number of para-hydroxylation sites is 1. The molecule has 1 aromatic carbocycles. The van der Waals surface area contributed by atoms with Crippen LogP contribution < -0.4 is 5.32 Å². The predicted octanol–water partition coefficient (Wildman–Crippen LogP) is 2.85. The first-order chi connectivity index (χ1) is 9.00. The number of hydrogen-bond acceptors (Lipinski definition) is 3. The predicted molar refractivity (Wildman–Crippen MR) is 69.5 cm³/mol. The molecule has 1 amide bonds. The molecule has 0 fully saturated rings. The molecular weight excluding hydrogens is 246 g/mol.